The molecule has 2 N–H and O–H groups in total. The summed E-state index contributed by atoms with van der Waals surface area (Å²) in [4.78, 5) is 39.6. The standard InChI is InChI=1S/C27H33N3O5/c1-4-6-25(31)28-19-9-12-23-21(14-19)27(33)30(3)22-11-10-20(35-24(22)16-34-23)15-26(32)29-18-8-5-7-17(2)13-18/h5,7-9,12-14,20,22,24H,4,6,10-11,15-16H2,1-3H3,(H,28,31)(H,29,32)/t20-,22+,24-/m1/s1. The molecule has 35 heavy (non-hydrogen) atoms. The van der Waals surface area contributed by atoms with Crippen LogP contribution in [0.25, 0.3) is 0 Å². The topological polar surface area (TPSA) is 97.0 Å². The largest absolute Gasteiger partial charge is 0.490 e. The molecule has 0 spiro atoms. The molecule has 0 unspecified atom stereocenters. The van der Waals surface area contributed by atoms with Gasteiger partial charge in [-0.15, -0.1) is 0 Å². The van der Waals surface area contributed by atoms with E-state index in [-0.39, 0.29) is 49.0 Å². The van der Waals surface area contributed by atoms with E-state index in [2.05, 4.69) is 10.6 Å². The number of hydrogen-bond acceptors (Lipinski definition) is 5. The van der Waals surface area contributed by atoms with Crippen molar-refractivity contribution < 1.29 is 23.9 Å². The molecule has 2 aromatic rings. The van der Waals surface area contributed by atoms with Crippen molar-refractivity contribution in [1.29, 1.82) is 0 Å². The maximum atomic E-state index is 13.3. The fourth-order valence-corrected chi connectivity index (χ4v) is 4.70. The van der Waals surface area contributed by atoms with Crippen LogP contribution in [0.5, 0.6) is 5.75 Å². The highest BCUT2D eigenvalue weighted by molar-refractivity contribution is 5.99. The molecule has 0 saturated carbocycles. The molecule has 0 bridgehead atoms. The van der Waals surface area contributed by atoms with Gasteiger partial charge in [-0.2, -0.15) is 0 Å². The van der Waals surface area contributed by atoms with Crippen molar-refractivity contribution in [1.82, 2.24) is 4.90 Å². The number of nitrogens with one attached hydrogen (secondary N) is 2. The molecule has 8 heteroatoms. The van der Waals surface area contributed by atoms with Crippen molar-refractivity contribution in [3.63, 3.8) is 0 Å². The Morgan fingerprint density at radius 1 is 1.06 bits per heavy atom. The van der Waals surface area contributed by atoms with Crippen LogP contribution in [0.15, 0.2) is 42.5 Å². The van der Waals surface area contributed by atoms with Gasteiger partial charge in [0, 0.05) is 24.8 Å². The summed E-state index contributed by atoms with van der Waals surface area (Å²) < 4.78 is 12.3. The molecule has 186 valence electrons. The first kappa shape index (κ1) is 24.7. The van der Waals surface area contributed by atoms with Crippen molar-refractivity contribution in [3.05, 3.63) is 53.6 Å². The first-order valence-corrected chi connectivity index (χ1v) is 12.2. The van der Waals surface area contributed by atoms with E-state index in [9.17, 15) is 14.4 Å². The number of amides is 3. The third kappa shape index (κ3) is 6.00. The molecule has 1 fully saturated rings. The highest BCUT2D eigenvalue weighted by Gasteiger charge is 2.39. The van der Waals surface area contributed by atoms with Gasteiger partial charge < -0.3 is 25.0 Å². The molecule has 2 aliphatic heterocycles. The second kappa shape index (κ2) is 10.9. The molecule has 2 heterocycles. The Kier molecular flexibility index (Phi) is 7.70. The molecule has 2 aromatic carbocycles. The Morgan fingerprint density at radius 3 is 2.60 bits per heavy atom. The lowest BCUT2D eigenvalue weighted by atomic mass is 9.94. The van der Waals surface area contributed by atoms with Crippen LogP contribution in [0, 0.1) is 6.92 Å². The van der Waals surface area contributed by atoms with Crippen molar-refractivity contribution in [2.45, 2.75) is 64.2 Å². The van der Waals surface area contributed by atoms with Crippen LogP contribution in [-0.4, -0.2) is 54.5 Å². The van der Waals surface area contributed by atoms with Gasteiger partial charge in [0.25, 0.3) is 5.91 Å². The van der Waals surface area contributed by atoms with Crippen LogP contribution in [-0.2, 0) is 14.3 Å². The predicted molar refractivity (Wildman–Crippen MR) is 134 cm³/mol. The quantitative estimate of drug-likeness (QED) is 0.649. The Morgan fingerprint density at radius 2 is 1.83 bits per heavy atom. The molecule has 0 radical (unpaired) electrons. The minimum atomic E-state index is -0.341. The molecule has 4 rings (SSSR count). The van der Waals surface area contributed by atoms with E-state index in [1.165, 1.54) is 0 Å². The molecule has 1 saturated heterocycles. The van der Waals surface area contributed by atoms with E-state index < -0.39 is 0 Å². The fourth-order valence-electron chi connectivity index (χ4n) is 4.70. The lowest BCUT2D eigenvalue weighted by Crippen LogP contribution is -2.53. The number of hydrogen-bond donors (Lipinski definition) is 2. The van der Waals surface area contributed by atoms with Crippen LogP contribution in [0.1, 0.15) is 54.9 Å². The smallest absolute Gasteiger partial charge is 0.257 e. The number of carbonyl (C=O) groups excluding carboxylic acids is 3. The van der Waals surface area contributed by atoms with Gasteiger partial charge >= 0.3 is 0 Å². The maximum absolute atomic E-state index is 13.3. The van der Waals surface area contributed by atoms with E-state index in [0.29, 0.717) is 36.3 Å². The average molecular weight is 480 g/mol. The van der Waals surface area contributed by atoms with E-state index >= 15 is 0 Å². The van der Waals surface area contributed by atoms with Crippen molar-refractivity contribution in [3.8, 4) is 5.75 Å². The van der Waals surface area contributed by atoms with Crippen LogP contribution in [0.3, 0.4) is 0 Å². The molecule has 8 nitrogen and oxygen atoms in total. The monoisotopic (exact) mass is 479 g/mol. The molecular formula is C27H33N3O5. The number of nitrogens with zero attached hydrogens (tertiary/aromatic N) is 1. The summed E-state index contributed by atoms with van der Waals surface area (Å²) in [7, 11) is 1.77. The number of anilines is 2. The predicted octanol–water partition coefficient (Wildman–Crippen LogP) is 4.14. The SMILES string of the molecule is CCCC(=O)Nc1ccc2c(c1)C(=O)N(C)[C@H]1CC[C@H](CC(=O)Nc3cccc(C)c3)O[C@@H]1CO2. The van der Waals surface area contributed by atoms with E-state index in [0.717, 1.165) is 17.7 Å². The minimum Gasteiger partial charge on any atom is -0.490 e. The molecule has 0 aromatic heterocycles. The molecule has 2 aliphatic rings. The van der Waals surface area contributed by atoms with Crippen LogP contribution >= 0.6 is 0 Å². The Labute approximate surface area is 206 Å². The highest BCUT2D eigenvalue weighted by Crippen LogP contribution is 2.32. The van der Waals surface area contributed by atoms with Crippen LogP contribution < -0.4 is 15.4 Å². The van der Waals surface area contributed by atoms with Crippen LogP contribution in [0.2, 0.25) is 0 Å². The number of aryl methyl sites for hydroxylation is 1. The van der Waals surface area contributed by atoms with Gasteiger partial charge in [-0.1, -0.05) is 19.1 Å². The Balaban J connectivity index is 1.42. The fraction of sp³-hybridized carbons (Fsp3) is 0.444. The number of ether oxygens (including phenoxy) is 2. The van der Waals surface area contributed by atoms with Gasteiger partial charge in [0.1, 0.15) is 18.5 Å². The lowest BCUT2D eigenvalue weighted by molar-refractivity contribution is -0.130. The first-order chi connectivity index (χ1) is 16.8. The van der Waals surface area contributed by atoms with Crippen LogP contribution in [0.4, 0.5) is 11.4 Å². The molecule has 3 atom stereocenters. The number of carbonyl (C=O) groups is 3. The van der Waals surface area contributed by atoms with Gasteiger partial charge in [-0.05, 0) is 62.1 Å². The Bertz CT molecular complexity index is 1100. The second-order valence-electron chi connectivity index (χ2n) is 9.30. The zero-order valence-electron chi connectivity index (χ0n) is 20.5. The minimum absolute atomic E-state index is 0.0850. The number of fused-ring (bicyclic) bond motifs is 2. The second-order valence-corrected chi connectivity index (χ2v) is 9.30. The van der Waals surface area contributed by atoms with Gasteiger partial charge in [-0.3, -0.25) is 14.4 Å². The average Bonchev–Trinajstić information content (AvgIpc) is 2.82. The third-order valence-electron chi connectivity index (χ3n) is 6.49. The summed E-state index contributed by atoms with van der Waals surface area (Å²) >= 11 is 0. The highest BCUT2D eigenvalue weighted by atomic mass is 16.5. The zero-order chi connectivity index (χ0) is 24.9. The van der Waals surface area contributed by atoms with Gasteiger partial charge in [-0.25, -0.2) is 0 Å². The molecule has 3 amide bonds. The summed E-state index contributed by atoms with van der Waals surface area (Å²) in [6.07, 6.45) is 2.20. The zero-order valence-corrected chi connectivity index (χ0v) is 20.5. The van der Waals surface area contributed by atoms with Gasteiger partial charge in [0.15, 0.2) is 0 Å². The maximum Gasteiger partial charge on any atom is 0.257 e. The van der Waals surface area contributed by atoms with Crippen molar-refractivity contribution in [2.24, 2.45) is 0 Å². The number of benzene rings is 2. The summed E-state index contributed by atoms with van der Waals surface area (Å²) in [5.74, 6) is 0.0914. The number of likely N-dealkylation sites (N-methyl/N-ethyl adjacent to an activating group) is 1. The molecule has 0 aliphatic carbocycles. The summed E-state index contributed by atoms with van der Waals surface area (Å²) in [6.45, 7) is 4.19. The van der Waals surface area contributed by atoms with Crippen molar-refractivity contribution in [2.75, 3.05) is 24.3 Å². The number of rotatable bonds is 6. The van der Waals surface area contributed by atoms with Crippen molar-refractivity contribution >= 4 is 29.1 Å². The van der Waals surface area contributed by atoms with Gasteiger partial charge in [0.05, 0.1) is 24.1 Å². The summed E-state index contributed by atoms with van der Waals surface area (Å²) in [6, 6.07) is 12.6. The van der Waals surface area contributed by atoms with E-state index in [4.69, 9.17) is 9.47 Å². The first-order valence-electron chi connectivity index (χ1n) is 12.2. The lowest BCUT2D eigenvalue weighted by Gasteiger charge is -2.42. The van der Waals surface area contributed by atoms with Gasteiger partial charge in [0.2, 0.25) is 11.8 Å². The summed E-state index contributed by atoms with van der Waals surface area (Å²) in [5.41, 5.74) is 2.84. The molecular weight excluding hydrogens is 446 g/mol. The summed E-state index contributed by atoms with van der Waals surface area (Å²) in [5, 5.41) is 5.77. The van der Waals surface area contributed by atoms with E-state index in [1.807, 2.05) is 38.1 Å². The Hall–Kier alpha value is -3.39. The van der Waals surface area contributed by atoms with E-state index in [1.54, 1.807) is 30.1 Å². The normalized spacial score (nSPS) is 21.6. The third-order valence-corrected chi connectivity index (χ3v) is 6.49.